The van der Waals surface area contributed by atoms with E-state index in [1.165, 1.54) is 30.0 Å². The summed E-state index contributed by atoms with van der Waals surface area (Å²) in [7, 11) is 1.59. The second-order valence-corrected chi connectivity index (χ2v) is 7.95. The fourth-order valence-electron chi connectivity index (χ4n) is 3.04. The monoisotopic (exact) mass is 465 g/mol. The molecule has 0 spiro atoms. The highest BCUT2D eigenvalue weighted by atomic mass is 32.2. The van der Waals surface area contributed by atoms with Gasteiger partial charge in [-0.15, -0.1) is 10.2 Å². The van der Waals surface area contributed by atoms with Crippen LogP contribution in [0.5, 0.6) is 5.75 Å². The van der Waals surface area contributed by atoms with Gasteiger partial charge in [0, 0.05) is 18.4 Å². The van der Waals surface area contributed by atoms with Crippen LogP contribution in [0, 0.1) is 5.82 Å². The zero-order valence-electron chi connectivity index (χ0n) is 17.6. The van der Waals surface area contributed by atoms with Gasteiger partial charge in [0.05, 0.1) is 18.4 Å². The lowest BCUT2D eigenvalue weighted by atomic mass is 10.2. The lowest BCUT2D eigenvalue weighted by Crippen LogP contribution is -2.24. The number of hydrogen-bond acceptors (Lipinski definition) is 6. The van der Waals surface area contributed by atoms with Gasteiger partial charge >= 0.3 is 0 Å². The molecule has 0 saturated heterocycles. The number of pyridine rings is 1. The fraction of sp³-hybridized carbons (Fsp3) is 0.130. The molecule has 0 aliphatic carbocycles. The minimum Gasteiger partial charge on any atom is -0.497 e. The van der Waals surface area contributed by atoms with Crippen molar-refractivity contribution in [3.05, 3.63) is 83.8 Å². The number of anilines is 1. The number of halogens is 1. The number of benzene rings is 2. The van der Waals surface area contributed by atoms with E-state index < -0.39 is 11.7 Å². The molecule has 0 aliphatic rings. The minimum atomic E-state index is -0.439. The van der Waals surface area contributed by atoms with Crippen LogP contribution in [0.3, 0.4) is 0 Å². The minimum absolute atomic E-state index is 0.129. The van der Waals surface area contributed by atoms with E-state index >= 15 is 0 Å². The van der Waals surface area contributed by atoms with Crippen LogP contribution in [0.2, 0.25) is 0 Å². The number of thioether (sulfide) groups is 1. The Labute approximate surface area is 193 Å². The molecule has 0 atom stereocenters. The van der Waals surface area contributed by atoms with Crippen molar-refractivity contribution in [3.63, 3.8) is 0 Å². The Hall–Kier alpha value is -3.92. The highest BCUT2D eigenvalue weighted by Gasteiger charge is 2.13. The molecule has 2 amide bonds. The van der Waals surface area contributed by atoms with Gasteiger partial charge < -0.3 is 15.4 Å². The van der Waals surface area contributed by atoms with Crippen molar-refractivity contribution in [2.75, 3.05) is 18.2 Å². The van der Waals surface area contributed by atoms with Crippen LogP contribution in [0.25, 0.3) is 5.65 Å². The molecule has 10 heteroatoms. The van der Waals surface area contributed by atoms with Crippen molar-refractivity contribution in [1.82, 2.24) is 19.9 Å². The zero-order valence-corrected chi connectivity index (χ0v) is 18.4. The summed E-state index contributed by atoms with van der Waals surface area (Å²) in [5.41, 5.74) is 2.16. The summed E-state index contributed by atoms with van der Waals surface area (Å²) in [6, 6.07) is 16.4. The van der Waals surface area contributed by atoms with E-state index in [4.69, 9.17) is 4.74 Å². The summed E-state index contributed by atoms with van der Waals surface area (Å²) in [6.45, 7) is 0.377. The van der Waals surface area contributed by atoms with Crippen molar-refractivity contribution in [3.8, 4) is 5.75 Å². The highest BCUT2D eigenvalue weighted by Crippen LogP contribution is 2.19. The van der Waals surface area contributed by atoms with Gasteiger partial charge in [0.15, 0.2) is 10.8 Å². The number of fused-ring (bicyclic) bond motifs is 1. The summed E-state index contributed by atoms with van der Waals surface area (Å²) in [4.78, 5) is 24.9. The largest absolute Gasteiger partial charge is 0.497 e. The van der Waals surface area contributed by atoms with Crippen molar-refractivity contribution in [1.29, 1.82) is 0 Å². The van der Waals surface area contributed by atoms with E-state index in [1.807, 2.05) is 24.3 Å². The number of aromatic nitrogens is 3. The average molecular weight is 466 g/mol. The van der Waals surface area contributed by atoms with Crippen LogP contribution in [-0.2, 0) is 11.3 Å². The maximum Gasteiger partial charge on any atom is 0.257 e. The molecule has 0 fully saturated rings. The Balaban J connectivity index is 1.38. The molecule has 168 valence electrons. The predicted octanol–water partition coefficient (Wildman–Crippen LogP) is 3.54. The molecule has 4 aromatic rings. The first-order valence-corrected chi connectivity index (χ1v) is 10.9. The van der Waals surface area contributed by atoms with E-state index in [0.717, 1.165) is 11.3 Å². The SMILES string of the molecule is COc1cccc(CNC(=O)CSc2nnc3ccc(C(=O)Nc4cccc(F)c4)cn23)c1. The Morgan fingerprint density at radius 1 is 1.09 bits per heavy atom. The molecule has 2 N–H and O–H groups in total. The molecule has 33 heavy (non-hydrogen) atoms. The number of nitrogens with one attached hydrogen (secondary N) is 2. The van der Waals surface area contributed by atoms with Gasteiger partial charge in [-0.1, -0.05) is 30.0 Å². The van der Waals surface area contributed by atoms with Crippen LogP contribution in [-0.4, -0.2) is 39.3 Å². The van der Waals surface area contributed by atoms with Crippen LogP contribution >= 0.6 is 11.8 Å². The van der Waals surface area contributed by atoms with Crippen LogP contribution in [0.4, 0.5) is 10.1 Å². The number of methoxy groups -OCH3 is 1. The third kappa shape index (κ3) is 5.66. The lowest BCUT2D eigenvalue weighted by Gasteiger charge is -2.07. The highest BCUT2D eigenvalue weighted by molar-refractivity contribution is 7.99. The van der Waals surface area contributed by atoms with Crippen LogP contribution in [0.15, 0.2) is 72.0 Å². The number of ether oxygens (including phenoxy) is 1. The number of carbonyl (C=O) groups excluding carboxylic acids is 2. The summed E-state index contributed by atoms with van der Waals surface area (Å²) < 4.78 is 20.2. The number of amides is 2. The third-order valence-corrected chi connectivity index (χ3v) is 5.61. The summed E-state index contributed by atoms with van der Waals surface area (Å²) >= 11 is 1.21. The predicted molar refractivity (Wildman–Crippen MR) is 123 cm³/mol. The molecule has 0 saturated carbocycles. The molecular weight excluding hydrogens is 445 g/mol. The van der Waals surface area contributed by atoms with Crippen molar-refractivity contribution in [2.24, 2.45) is 0 Å². The number of nitrogens with zero attached hydrogens (tertiary/aromatic N) is 3. The standard InChI is InChI=1S/C23H20FN5O3S/c1-32-19-7-2-4-15(10-19)12-25-21(30)14-33-23-28-27-20-9-8-16(13-29(20)23)22(31)26-18-6-3-5-17(24)11-18/h2-11,13H,12,14H2,1H3,(H,25,30)(H,26,31). The van der Waals surface area contributed by atoms with Gasteiger partial charge in [0.1, 0.15) is 11.6 Å². The molecule has 2 aromatic heterocycles. The van der Waals surface area contributed by atoms with Gasteiger partial charge in [-0.25, -0.2) is 4.39 Å². The first-order valence-electron chi connectivity index (χ1n) is 9.96. The van der Waals surface area contributed by atoms with Crippen molar-refractivity contribution < 1.29 is 18.7 Å². The smallest absolute Gasteiger partial charge is 0.257 e. The molecule has 2 aromatic carbocycles. The Morgan fingerprint density at radius 3 is 2.76 bits per heavy atom. The number of rotatable bonds is 8. The normalized spacial score (nSPS) is 10.7. The summed E-state index contributed by atoms with van der Waals surface area (Å²) in [6.07, 6.45) is 1.58. The van der Waals surface area contributed by atoms with Crippen molar-refractivity contribution in [2.45, 2.75) is 11.7 Å². The van der Waals surface area contributed by atoms with E-state index in [-0.39, 0.29) is 11.7 Å². The fourth-order valence-corrected chi connectivity index (χ4v) is 3.78. The average Bonchev–Trinajstić information content (AvgIpc) is 3.23. The molecule has 0 bridgehead atoms. The number of carbonyl (C=O) groups is 2. The molecule has 0 aliphatic heterocycles. The van der Waals surface area contributed by atoms with Gasteiger partial charge in [0.25, 0.3) is 5.91 Å². The Kier molecular flexibility index (Phi) is 6.84. The van der Waals surface area contributed by atoms with Crippen LogP contribution < -0.4 is 15.4 Å². The molecule has 4 rings (SSSR count). The number of hydrogen-bond donors (Lipinski definition) is 2. The maximum atomic E-state index is 13.4. The Bertz CT molecular complexity index is 1310. The lowest BCUT2D eigenvalue weighted by molar-refractivity contribution is -0.118. The van der Waals surface area contributed by atoms with Gasteiger partial charge in [0.2, 0.25) is 5.91 Å². The summed E-state index contributed by atoms with van der Waals surface area (Å²) in [5, 5.41) is 14.2. The topological polar surface area (TPSA) is 97.6 Å². The van der Waals surface area contributed by atoms with E-state index in [2.05, 4.69) is 20.8 Å². The van der Waals surface area contributed by atoms with E-state index in [9.17, 15) is 14.0 Å². The van der Waals surface area contributed by atoms with Crippen molar-refractivity contribution >= 4 is 34.9 Å². The zero-order chi connectivity index (χ0) is 23.2. The second-order valence-electron chi connectivity index (χ2n) is 7.01. The molecule has 8 nitrogen and oxygen atoms in total. The maximum absolute atomic E-state index is 13.4. The second kappa shape index (κ2) is 10.1. The van der Waals surface area contributed by atoms with Crippen LogP contribution in [0.1, 0.15) is 15.9 Å². The quantitative estimate of drug-likeness (QED) is 0.387. The van der Waals surface area contributed by atoms with E-state index in [0.29, 0.717) is 28.6 Å². The van der Waals surface area contributed by atoms with Gasteiger partial charge in [-0.2, -0.15) is 0 Å². The van der Waals surface area contributed by atoms with Gasteiger partial charge in [-0.3, -0.25) is 14.0 Å². The third-order valence-electron chi connectivity index (χ3n) is 4.67. The molecule has 2 heterocycles. The first kappa shape index (κ1) is 22.3. The Morgan fingerprint density at radius 2 is 1.94 bits per heavy atom. The van der Waals surface area contributed by atoms with E-state index in [1.54, 1.807) is 35.9 Å². The summed E-state index contributed by atoms with van der Waals surface area (Å²) in [5.74, 6) is -0.152. The first-order chi connectivity index (χ1) is 16.0. The molecular formula is C23H20FN5O3S. The molecule has 0 unspecified atom stereocenters. The molecule has 0 radical (unpaired) electrons. The van der Waals surface area contributed by atoms with Gasteiger partial charge in [-0.05, 0) is 48.0 Å².